The highest BCUT2D eigenvalue weighted by molar-refractivity contribution is 6.30. The number of rotatable bonds is 15. The number of carboxylic acid groups (broad SMARTS) is 1. The number of likely N-dealkylation sites (tertiary alicyclic amines) is 1. The Kier molecular flexibility index (Phi) is 13.0. The molecule has 0 saturated carbocycles. The van der Waals surface area contributed by atoms with E-state index in [1.165, 1.54) is 0 Å². The van der Waals surface area contributed by atoms with Gasteiger partial charge in [0.25, 0.3) is 0 Å². The van der Waals surface area contributed by atoms with Crippen molar-refractivity contribution in [2.75, 3.05) is 19.6 Å². The molecule has 0 spiro atoms. The Labute approximate surface area is 287 Å². The van der Waals surface area contributed by atoms with E-state index >= 15 is 0 Å². The number of aliphatic hydroxyl groups excluding tert-OH is 1. The number of aliphatic carboxylic acids is 1. The normalized spacial score (nSPS) is 21.1. The second kappa shape index (κ2) is 17.4. The minimum absolute atomic E-state index is 0.0150. The summed E-state index contributed by atoms with van der Waals surface area (Å²) < 4.78 is 13.1. The number of halogens is 1. The van der Waals surface area contributed by atoms with Gasteiger partial charge in [0.15, 0.2) is 6.29 Å². The number of ether oxygens (including phenoxy) is 2. The summed E-state index contributed by atoms with van der Waals surface area (Å²) in [5, 5.41) is 33.3. The molecule has 0 aliphatic carbocycles. The van der Waals surface area contributed by atoms with Gasteiger partial charge in [-0.15, -0.1) is 0 Å². The molecule has 0 radical (unpaired) electrons. The lowest BCUT2D eigenvalue weighted by Gasteiger charge is -2.42. The van der Waals surface area contributed by atoms with Gasteiger partial charge in [0, 0.05) is 56.0 Å². The first-order valence-electron chi connectivity index (χ1n) is 17.0. The third-order valence-electron chi connectivity index (χ3n) is 9.43. The molecule has 258 valence electrons. The van der Waals surface area contributed by atoms with Crippen LogP contribution in [0.2, 0.25) is 5.02 Å². The number of hydrogen-bond donors (Lipinski definition) is 4. The number of nitrogens with one attached hydrogen (secondary N) is 1. The number of unbranched alkanes of at least 4 members (excludes halogenated alkanes) is 3. The SMILES string of the molecule is O=C(O)CCCCCCC(=O)NCc1ccc([C@@H]2O[C@H](CN3CCC(O)(c4ccc(Cl)cc4)CC3)C[C@H](c3ccc(CO)cc3)O2)cc1. The monoisotopic (exact) mass is 678 g/mol. The minimum Gasteiger partial charge on any atom is -0.481 e. The fraction of sp³-hybridized carbons (Fsp3) is 0.474. The zero-order chi connectivity index (χ0) is 33.9. The average molecular weight is 679 g/mol. The Morgan fingerprint density at radius 2 is 1.46 bits per heavy atom. The molecule has 1 amide bonds. The van der Waals surface area contributed by atoms with Crippen molar-refractivity contribution in [1.29, 1.82) is 0 Å². The largest absolute Gasteiger partial charge is 0.481 e. The molecule has 0 unspecified atom stereocenters. The van der Waals surface area contributed by atoms with Gasteiger partial charge in [-0.25, -0.2) is 0 Å². The van der Waals surface area contributed by atoms with Gasteiger partial charge in [0.05, 0.1) is 24.4 Å². The molecule has 10 heteroatoms. The molecule has 0 bridgehead atoms. The van der Waals surface area contributed by atoms with Gasteiger partial charge >= 0.3 is 5.97 Å². The standard InChI is InChI=1S/C38H47ClN2O7/c39-32-17-15-31(16-18-32)38(46)19-21-41(22-20-38)25-33-23-34(29-11-9-28(26-42)10-12-29)48-37(47-33)30-13-7-27(8-14-30)24-40-35(43)5-3-1-2-4-6-36(44)45/h7-18,33-34,37,42,46H,1-6,19-26H2,(H,40,43)(H,44,45)/t33-,34+,37+/m0/s1. The van der Waals surface area contributed by atoms with Crippen molar-refractivity contribution in [2.24, 2.45) is 0 Å². The van der Waals surface area contributed by atoms with Crippen LogP contribution in [0.4, 0.5) is 0 Å². The summed E-state index contributed by atoms with van der Waals surface area (Å²) in [5.41, 5.74) is 3.76. The summed E-state index contributed by atoms with van der Waals surface area (Å²) in [7, 11) is 0. The lowest BCUT2D eigenvalue weighted by molar-refractivity contribution is -0.253. The van der Waals surface area contributed by atoms with E-state index in [-0.39, 0.29) is 31.1 Å². The van der Waals surface area contributed by atoms with Crippen LogP contribution < -0.4 is 5.32 Å². The van der Waals surface area contributed by atoms with Crippen LogP contribution in [0, 0.1) is 0 Å². The third kappa shape index (κ3) is 10.3. The first-order chi connectivity index (χ1) is 23.2. The molecule has 2 saturated heterocycles. The second-order valence-electron chi connectivity index (χ2n) is 13.0. The van der Waals surface area contributed by atoms with E-state index in [2.05, 4.69) is 10.2 Å². The third-order valence-corrected chi connectivity index (χ3v) is 9.68. The van der Waals surface area contributed by atoms with Gasteiger partial charge in [-0.2, -0.15) is 0 Å². The van der Waals surface area contributed by atoms with Crippen molar-refractivity contribution in [1.82, 2.24) is 10.2 Å². The molecule has 2 aliphatic rings. The molecule has 3 atom stereocenters. The highest BCUT2D eigenvalue weighted by atomic mass is 35.5. The summed E-state index contributed by atoms with van der Waals surface area (Å²) in [6.07, 6.45) is 4.69. The van der Waals surface area contributed by atoms with E-state index in [0.29, 0.717) is 50.2 Å². The van der Waals surface area contributed by atoms with E-state index in [0.717, 1.165) is 60.2 Å². The van der Waals surface area contributed by atoms with Crippen LogP contribution >= 0.6 is 11.6 Å². The Bertz CT molecular complexity index is 1460. The van der Waals surface area contributed by atoms with E-state index in [1.807, 2.05) is 72.8 Å². The fourth-order valence-corrected chi connectivity index (χ4v) is 6.60. The number of carbonyl (C=O) groups excluding carboxylic acids is 1. The number of carbonyl (C=O) groups is 2. The molecule has 5 rings (SSSR count). The van der Waals surface area contributed by atoms with Crippen LogP contribution in [0.5, 0.6) is 0 Å². The molecule has 3 aromatic rings. The van der Waals surface area contributed by atoms with E-state index in [9.17, 15) is 19.8 Å². The Morgan fingerprint density at radius 3 is 2.10 bits per heavy atom. The molecular formula is C38H47ClN2O7. The number of benzene rings is 3. The second-order valence-corrected chi connectivity index (χ2v) is 13.5. The van der Waals surface area contributed by atoms with Crippen LogP contribution in [0.15, 0.2) is 72.8 Å². The number of nitrogens with zero attached hydrogens (tertiary/aromatic N) is 1. The highest BCUT2D eigenvalue weighted by Gasteiger charge is 2.37. The van der Waals surface area contributed by atoms with Gasteiger partial charge < -0.3 is 35.0 Å². The molecule has 9 nitrogen and oxygen atoms in total. The maximum absolute atomic E-state index is 12.3. The number of hydrogen-bond acceptors (Lipinski definition) is 7. The van der Waals surface area contributed by atoms with E-state index in [1.54, 1.807) is 0 Å². The number of amides is 1. The molecule has 3 aromatic carbocycles. The maximum Gasteiger partial charge on any atom is 0.303 e. The average Bonchev–Trinajstić information content (AvgIpc) is 3.10. The van der Waals surface area contributed by atoms with Gasteiger partial charge in [-0.05, 0) is 60.1 Å². The van der Waals surface area contributed by atoms with E-state index in [4.69, 9.17) is 26.2 Å². The molecule has 2 fully saturated rings. The summed E-state index contributed by atoms with van der Waals surface area (Å²) in [5.74, 6) is -0.796. The first kappa shape index (κ1) is 36.0. The van der Waals surface area contributed by atoms with Gasteiger partial charge in [0.1, 0.15) is 0 Å². The van der Waals surface area contributed by atoms with Gasteiger partial charge in [-0.3, -0.25) is 9.59 Å². The predicted molar refractivity (Wildman–Crippen MR) is 183 cm³/mol. The van der Waals surface area contributed by atoms with Crippen LogP contribution in [-0.4, -0.2) is 57.8 Å². The maximum atomic E-state index is 12.3. The molecule has 4 N–H and O–H groups in total. The van der Waals surface area contributed by atoms with Gasteiger partial charge in [-0.1, -0.05) is 85.1 Å². The molecule has 48 heavy (non-hydrogen) atoms. The molecule has 2 aliphatic heterocycles. The smallest absolute Gasteiger partial charge is 0.303 e. The summed E-state index contributed by atoms with van der Waals surface area (Å²) in [6, 6.07) is 23.2. The van der Waals surface area contributed by atoms with Crippen molar-refractivity contribution in [3.05, 3.63) is 106 Å². The fourth-order valence-electron chi connectivity index (χ4n) is 6.47. The summed E-state index contributed by atoms with van der Waals surface area (Å²) >= 11 is 6.07. The van der Waals surface area contributed by atoms with Crippen LogP contribution in [-0.2, 0) is 37.8 Å². The Balaban J connectivity index is 1.17. The lowest BCUT2D eigenvalue weighted by Crippen LogP contribution is -2.46. The summed E-state index contributed by atoms with van der Waals surface area (Å²) in [6.45, 7) is 2.60. The Hall–Kier alpha value is -3.31. The lowest BCUT2D eigenvalue weighted by atomic mass is 9.84. The predicted octanol–water partition coefficient (Wildman–Crippen LogP) is 6.40. The van der Waals surface area contributed by atoms with Crippen molar-refractivity contribution in [3.63, 3.8) is 0 Å². The van der Waals surface area contributed by atoms with E-state index < -0.39 is 17.9 Å². The highest BCUT2D eigenvalue weighted by Crippen LogP contribution is 2.39. The van der Waals surface area contributed by atoms with Gasteiger partial charge in [0.2, 0.25) is 5.91 Å². The zero-order valence-corrected chi connectivity index (χ0v) is 28.1. The van der Waals surface area contributed by atoms with Crippen LogP contribution in [0.1, 0.15) is 98.0 Å². The molecule has 0 aromatic heterocycles. The van der Waals surface area contributed by atoms with Crippen molar-refractivity contribution >= 4 is 23.5 Å². The first-order valence-corrected chi connectivity index (χ1v) is 17.4. The topological polar surface area (TPSA) is 129 Å². The molecular weight excluding hydrogens is 632 g/mol. The van der Waals surface area contributed by atoms with Crippen LogP contribution in [0.25, 0.3) is 0 Å². The van der Waals surface area contributed by atoms with Crippen molar-refractivity contribution in [3.8, 4) is 0 Å². The van der Waals surface area contributed by atoms with Crippen LogP contribution in [0.3, 0.4) is 0 Å². The zero-order valence-electron chi connectivity index (χ0n) is 27.4. The summed E-state index contributed by atoms with van der Waals surface area (Å²) in [4.78, 5) is 25.3. The number of piperidine rings is 1. The van der Waals surface area contributed by atoms with Crippen molar-refractivity contribution in [2.45, 2.75) is 95.0 Å². The molecule has 2 heterocycles. The Morgan fingerprint density at radius 1 is 0.833 bits per heavy atom. The van der Waals surface area contributed by atoms with Crippen molar-refractivity contribution < 1.29 is 34.4 Å². The number of aliphatic hydroxyl groups is 2. The quantitative estimate of drug-likeness (QED) is 0.136. The number of carboxylic acids is 1. The minimum atomic E-state index is -0.873.